The predicted octanol–water partition coefficient (Wildman–Crippen LogP) is 1.64. The summed E-state index contributed by atoms with van der Waals surface area (Å²) in [5, 5.41) is 8.74. The SMILES string of the molecule is CCc1coc(=O)c(C#N)c1CC. The van der Waals surface area contributed by atoms with Gasteiger partial charge in [-0.3, -0.25) is 0 Å². The Labute approximate surface area is 76.6 Å². The van der Waals surface area contributed by atoms with Crippen LogP contribution in [-0.2, 0) is 12.8 Å². The Bertz CT molecular complexity index is 398. The summed E-state index contributed by atoms with van der Waals surface area (Å²) >= 11 is 0. The maximum absolute atomic E-state index is 11.1. The van der Waals surface area contributed by atoms with Crippen molar-refractivity contribution in [3.63, 3.8) is 0 Å². The van der Waals surface area contributed by atoms with Gasteiger partial charge in [0.25, 0.3) is 0 Å². The predicted molar refractivity (Wildman–Crippen MR) is 48.4 cm³/mol. The van der Waals surface area contributed by atoms with Gasteiger partial charge in [-0.25, -0.2) is 4.79 Å². The van der Waals surface area contributed by atoms with E-state index in [4.69, 9.17) is 9.68 Å². The van der Waals surface area contributed by atoms with Crippen molar-refractivity contribution in [2.24, 2.45) is 0 Å². The maximum atomic E-state index is 11.1. The molecule has 1 aromatic heterocycles. The van der Waals surface area contributed by atoms with Gasteiger partial charge in [-0.1, -0.05) is 13.8 Å². The van der Waals surface area contributed by atoms with Crippen LogP contribution in [0, 0.1) is 11.3 Å². The molecule has 0 fully saturated rings. The van der Waals surface area contributed by atoms with Crippen molar-refractivity contribution in [2.45, 2.75) is 26.7 Å². The van der Waals surface area contributed by atoms with Gasteiger partial charge in [0.05, 0.1) is 6.26 Å². The van der Waals surface area contributed by atoms with Gasteiger partial charge in [0.1, 0.15) is 11.6 Å². The van der Waals surface area contributed by atoms with E-state index in [1.54, 1.807) is 0 Å². The second-order valence-corrected chi connectivity index (χ2v) is 2.72. The lowest BCUT2D eigenvalue weighted by Gasteiger charge is -2.04. The van der Waals surface area contributed by atoms with Crippen LogP contribution in [0.3, 0.4) is 0 Å². The summed E-state index contributed by atoms with van der Waals surface area (Å²) in [7, 11) is 0. The number of nitriles is 1. The van der Waals surface area contributed by atoms with E-state index in [0.717, 1.165) is 17.5 Å². The molecule has 1 aromatic rings. The summed E-state index contributed by atoms with van der Waals surface area (Å²) in [6.45, 7) is 3.89. The van der Waals surface area contributed by atoms with Crippen LogP contribution in [0.5, 0.6) is 0 Å². The molecule has 0 bridgehead atoms. The molecule has 68 valence electrons. The topological polar surface area (TPSA) is 54.0 Å². The van der Waals surface area contributed by atoms with Crippen LogP contribution in [0.15, 0.2) is 15.5 Å². The zero-order valence-electron chi connectivity index (χ0n) is 7.76. The number of nitrogens with zero attached hydrogens (tertiary/aromatic N) is 1. The van der Waals surface area contributed by atoms with Crippen molar-refractivity contribution in [2.75, 3.05) is 0 Å². The molecule has 1 rings (SSSR count). The van der Waals surface area contributed by atoms with Gasteiger partial charge in [-0.2, -0.15) is 5.26 Å². The van der Waals surface area contributed by atoms with Crippen molar-refractivity contribution >= 4 is 0 Å². The van der Waals surface area contributed by atoms with E-state index in [1.807, 2.05) is 19.9 Å². The average Bonchev–Trinajstić information content (AvgIpc) is 2.17. The summed E-state index contributed by atoms with van der Waals surface area (Å²) in [4.78, 5) is 11.1. The van der Waals surface area contributed by atoms with Crippen LogP contribution in [-0.4, -0.2) is 0 Å². The Hall–Kier alpha value is -1.56. The Balaban J connectivity index is 3.48. The van der Waals surface area contributed by atoms with Crippen molar-refractivity contribution < 1.29 is 4.42 Å². The molecule has 0 aliphatic heterocycles. The maximum Gasteiger partial charge on any atom is 0.354 e. The minimum absolute atomic E-state index is 0.154. The van der Waals surface area contributed by atoms with E-state index in [2.05, 4.69) is 0 Å². The molecule has 0 saturated heterocycles. The van der Waals surface area contributed by atoms with E-state index in [9.17, 15) is 4.79 Å². The summed E-state index contributed by atoms with van der Waals surface area (Å²) in [6, 6.07) is 1.88. The molecule has 0 aliphatic rings. The molecular weight excluding hydrogens is 166 g/mol. The van der Waals surface area contributed by atoms with Crippen LogP contribution in [0.4, 0.5) is 0 Å². The highest BCUT2D eigenvalue weighted by Gasteiger charge is 2.10. The third-order valence-corrected chi connectivity index (χ3v) is 2.05. The fourth-order valence-corrected chi connectivity index (χ4v) is 1.35. The van der Waals surface area contributed by atoms with Crippen molar-refractivity contribution in [1.29, 1.82) is 5.26 Å². The molecule has 13 heavy (non-hydrogen) atoms. The van der Waals surface area contributed by atoms with Crippen LogP contribution in [0.1, 0.15) is 30.5 Å². The highest BCUT2D eigenvalue weighted by atomic mass is 16.4. The summed E-state index contributed by atoms with van der Waals surface area (Å²) in [6.07, 6.45) is 2.92. The molecule has 0 amide bonds. The molecule has 0 spiro atoms. The van der Waals surface area contributed by atoms with Gasteiger partial charge in [0.2, 0.25) is 0 Å². The van der Waals surface area contributed by atoms with Crippen molar-refractivity contribution in [3.8, 4) is 6.07 Å². The minimum atomic E-state index is -0.531. The molecule has 0 saturated carbocycles. The van der Waals surface area contributed by atoms with Gasteiger partial charge >= 0.3 is 5.63 Å². The van der Waals surface area contributed by atoms with Crippen LogP contribution >= 0.6 is 0 Å². The van der Waals surface area contributed by atoms with E-state index < -0.39 is 5.63 Å². The van der Waals surface area contributed by atoms with Gasteiger partial charge in [0, 0.05) is 0 Å². The largest absolute Gasteiger partial charge is 0.430 e. The molecule has 0 unspecified atom stereocenters. The van der Waals surface area contributed by atoms with Crippen molar-refractivity contribution in [3.05, 3.63) is 33.4 Å². The van der Waals surface area contributed by atoms with E-state index in [-0.39, 0.29) is 5.56 Å². The second-order valence-electron chi connectivity index (χ2n) is 2.72. The third kappa shape index (κ3) is 1.62. The van der Waals surface area contributed by atoms with E-state index in [0.29, 0.717) is 6.42 Å². The van der Waals surface area contributed by atoms with E-state index in [1.165, 1.54) is 6.26 Å². The highest BCUT2D eigenvalue weighted by Crippen LogP contribution is 2.11. The molecule has 0 N–H and O–H groups in total. The second kappa shape index (κ2) is 3.90. The Morgan fingerprint density at radius 2 is 2.15 bits per heavy atom. The molecule has 3 heteroatoms. The summed E-state index contributed by atoms with van der Waals surface area (Å²) in [5.74, 6) is 0. The first-order valence-corrected chi connectivity index (χ1v) is 4.28. The van der Waals surface area contributed by atoms with Gasteiger partial charge in [0.15, 0.2) is 0 Å². The first-order valence-electron chi connectivity index (χ1n) is 4.28. The number of rotatable bonds is 2. The molecule has 0 radical (unpaired) electrons. The quantitative estimate of drug-likeness (QED) is 0.690. The zero-order chi connectivity index (χ0) is 9.84. The van der Waals surface area contributed by atoms with Crippen LogP contribution in [0.2, 0.25) is 0 Å². The fourth-order valence-electron chi connectivity index (χ4n) is 1.35. The molecule has 3 nitrogen and oxygen atoms in total. The lowest BCUT2D eigenvalue weighted by molar-refractivity contribution is 0.499. The van der Waals surface area contributed by atoms with Crippen molar-refractivity contribution in [1.82, 2.24) is 0 Å². The molecule has 0 aliphatic carbocycles. The Morgan fingerprint density at radius 3 is 2.62 bits per heavy atom. The lowest BCUT2D eigenvalue weighted by atomic mass is 10.0. The summed E-state index contributed by atoms with van der Waals surface area (Å²) in [5.41, 5.74) is 1.39. The minimum Gasteiger partial charge on any atom is -0.430 e. The molecular formula is C10H11NO2. The first-order chi connectivity index (χ1) is 6.24. The first kappa shape index (κ1) is 9.53. The van der Waals surface area contributed by atoms with Gasteiger partial charge < -0.3 is 4.42 Å². The molecule has 0 aromatic carbocycles. The third-order valence-electron chi connectivity index (χ3n) is 2.05. The summed E-state index contributed by atoms with van der Waals surface area (Å²) < 4.78 is 4.74. The number of hydrogen-bond acceptors (Lipinski definition) is 3. The highest BCUT2D eigenvalue weighted by molar-refractivity contribution is 5.38. The average molecular weight is 177 g/mol. The Morgan fingerprint density at radius 1 is 1.46 bits per heavy atom. The Kier molecular flexibility index (Phi) is 2.86. The smallest absolute Gasteiger partial charge is 0.354 e. The lowest BCUT2D eigenvalue weighted by Crippen LogP contribution is -2.09. The zero-order valence-corrected chi connectivity index (χ0v) is 7.76. The number of hydrogen-bond donors (Lipinski definition) is 0. The standard InChI is InChI=1S/C10H11NO2/c1-3-7-6-13-10(12)9(5-11)8(7)4-2/h6H,3-4H2,1-2H3. The van der Waals surface area contributed by atoms with Gasteiger partial charge in [-0.05, 0) is 24.0 Å². The normalized spacial score (nSPS) is 9.62. The van der Waals surface area contributed by atoms with E-state index >= 15 is 0 Å². The molecule has 0 atom stereocenters. The molecule has 1 heterocycles. The fraction of sp³-hybridized carbons (Fsp3) is 0.400. The number of aryl methyl sites for hydroxylation is 1. The van der Waals surface area contributed by atoms with Gasteiger partial charge in [-0.15, -0.1) is 0 Å². The monoisotopic (exact) mass is 177 g/mol. The van der Waals surface area contributed by atoms with Crippen LogP contribution < -0.4 is 5.63 Å². The van der Waals surface area contributed by atoms with Crippen LogP contribution in [0.25, 0.3) is 0 Å².